The fraction of sp³-hybridized carbons (Fsp3) is 0.500. The van der Waals surface area contributed by atoms with Crippen molar-refractivity contribution in [3.05, 3.63) is 33.8 Å². The summed E-state index contributed by atoms with van der Waals surface area (Å²) in [7, 11) is 0. The van der Waals surface area contributed by atoms with Crippen molar-refractivity contribution in [1.82, 2.24) is 5.32 Å². The van der Waals surface area contributed by atoms with Crippen LogP contribution < -0.4 is 5.32 Å². The lowest BCUT2D eigenvalue weighted by atomic mass is 10.0. The van der Waals surface area contributed by atoms with Crippen LogP contribution in [-0.2, 0) is 0 Å². The summed E-state index contributed by atoms with van der Waals surface area (Å²) in [5.74, 6) is 0. The van der Waals surface area contributed by atoms with Crippen LogP contribution in [0.25, 0.3) is 0 Å². The Kier molecular flexibility index (Phi) is 3.75. The Bertz CT molecular complexity index is 383. The number of hydrogen-bond acceptors (Lipinski definition) is 2. The molecule has 2 N–H and O–H groups in total. The first kappa shape index (κ1) is 12.2. The van der Waals surface area contributed by atoms with Crippen molar-refractivity contribution in [2.24, 2.45) is 0 Å². The maximum absolute atomic E-state index is 10.2. The van der Waals surface area contributed by atoms with E-state index < -0.39 is 6.10 Å². The summed E-state index contributed by atoms with van der Waals surface area (Å²) in [4.78, 5) is 0. The summed E-state index contributed by atoms with van der Waals surface area (Å²) < 4.78 is 0. The SMILES string of the molecule is C[C@H]1CC[C@@H](C(O)c2ccc(Cl)c(Cl)c2)N1. The van der Waals surface area contributed by atoms with Gasteiger partial charge in [0.2, 0.25) is 0 Å². The minimum absolute atomic E-state index is 0.118. The lowest BCUT2D eigenvalue weighted by Gasteiger charge is -2.19. The standard InChI is InChI=1S/C12H15Cl2NO/c1-7-2-5-11(15-7)12(16)8-3-4-9(13)10(14)6-8/h3-4,6-7,11-12,15-16H,2,5H2,1H3/t7-,11-,12?/m0/s1. The van der Waals surface area contributed by atoms with Gasteiger partial charge < -0.3 is 10.4 Å². The van der Waals surface area contributed by atoms with Crippen LogP contribution in [0, 0.1) is 0 Å². The molecule has 0 radical (unpaired) electrons. The third-order valence-corrected chi connectivity index (χ3v) is 3.81. The molecule has 1 saturated heterocycles. The predicted molar refractivity (Wildman–Crippen MR) is 67.0 cm³/mol. The van der Waals surface area contributed by atoms with Crippen molar-refractivity contribution in [3.8, 4) is 0 Å². The smallest absolute Gasteiger partial charge is 0.0943 e. The zero-order valence-corrected chi connectivity index (χ0v) is 10.6. The van der Waals surface area contributed by atoms with E-state index in [4.69, 9.17) is 23.2 Å². The molecule has 0 amide bonds. The highest BCUT2D eigenvalue weighted by molar-refractivity contribution is 6.42. The van der Waals surface area contributed by atoms with Crippen LogP contribution in [-0.4, -0.2) is 17.2 Å². The van der Waals surface area contributed by atoms with Crippen LogP contribution in [0.4, 0.5) is 0 Å². The van der Waals surface area contributed by atoms with Gasteiger partial charge in [0.1, 0.15) is 0 Å². The fourth-order valence-corrected chi connectivity index (χ4v) is 2.45. The monoisotopic (exact) mass is 259 g/mol. The van der Waals surface area contributed by atoms with Crippen molar-refractivity contribution in [2.45, 2.75) is 38.0 Å². The molecule has 0 spiro atoms. The molecule has 1 fully saturated rings. The van der Waals surface area contributed by atoms with Crippen LogP contribution >= 0.6 is 23.2 Å². The zero-order chi connectivity index (χ0) is 11.7. The van der Waals surface area contributed by atoms with E-state index in [9.17, 15) is 5.11 Å². The Morgan fingerprint density at radius 1 is 1.31 bits per heavy atom. The van der Waals surface area contributed by atoms with Gasteiger partial charge in [-0.3, -0.25) is 0 Å². The highest BCUT2D eigenvalue weighted by atomic mass is 35.5. The summed E-state index contributed by atoms with van der Waals surface area (Å²) in [5.41, 5.74) is 0.820. The molecular formula is C12H15Cl2NO. The van der Waals surface area contributed by atoms with E-state index in [0.29, 0.717) is 16.1 Å². The Labute approximate surface area is 106 Å². The van der Waals surface area contributed by atoms with Gasteiger partial charge in [0.25, 0.3) is 0 Å². The largest absolute Gasteiger partial charge is 0.387 e. The van der Waals surface area contributed by atoms with E-state index in [-0.39, 0.29) is 6.04 Å². The number of rotatable bonds is 2. The molecule has 1 aliphatic rings. The highest BCUT2D eigenvalue weighted by Crippen LogP contribution is 2.29. The van der Waals surface area contributed by atoms with Crippen molar-refractivity contribution in [3.63, 3.8) is 0 Å². The first-order valence-corrected chi connectivity index (χ1v) is 6.22. The van der Waals surface area contributed by atoms with Gasteiger partial charge in [-0.1, -0.05) is 29.3 Å². The highest BCUT2D eigenvalue weighted by Gasteiger charge is 2.27. The lowest BCUT2D eigenvalue weighted by molar-refractivity contribution is 0.135. The van der Waals surface area contributed by atoms with Gasteiger partial charge in [0.15, 0.2) is 0 Å². The first-order valence-electron chi connectivity index (χ1n) is 5.47. The molecular weight excluding hydrogens is 245 g/mol. The van der Waals surface area contributed by atoms with Gasteiger partial charge in [-0.15, -0.1) is 0 Å². The summed E-state index contributed by atoms with van der Waals surface area (Å²) in [6.45, 7) is 2.13. The third-order valence-electron chi connectivity index (χ3n) is 3.08. The van der Waals surface area contributed by atoms with Crippen molar-refractivity contribution >= 4 is 23.2 Å². The summed E-state index contributed by atoms with van der Waals surface area (Å²) in [5, 5.41) is 14.6. The Morgan fingerprint density at radius 3 is 2.62 bits per heavy atom. The molecule has 1 unspecified atom stereocenters. The van der Waals surface area contributed by atoms with Gasteiger partial charge in [-0.25, -0.2) is 0 Å². The topological polar surface area (TPSA) is 32.3 Å². The van der Waals surface area contributed by atoms with Gasteiger partial charge in [-0.2, -0.15) is 0 Å². The van der Waals surface area contributed by atoms with E-state index in [1.54, 1.807) is 12.1 Å². The minimum atomic E-state index is -0.514. The van der Waals surface area contributed by atoms with Gasteiger partial charge in [-0.05, 0) is 37.5 Å². The molecule has 0 aromatic heterocycles. The Hall–Kier alpha value is -0.280. The molecule has 1 aromatic carbocycles. The second kappa shape index (κ2) is 4.92. The normalized spacial score (nSPS) is 27.0. The number of benzene rings is 1. The number of nitrogens with one attached hydrogen (secondary N) is 1. The van der Waals surface area contributed by atoms with Crippen LogP contribution in [0.1, 0.15) is 31.4 Å². The van der Waals surface area contributed by atoms with E-state index in [1.807, 2.05) is 6.07 Å². The molecule has 4 heteroatoms. The van der Waals surface area contributed by atoms with Crippen LogP contribution in [0.2, 0.25) is 10.0 Å². The third kappa shape index (κ3) is 2.51. The van der Waals surface area contributed by atoms with Crippen molar-refractivity contribution < 1.29 is 5.11 Å². The van der Waals surface area contributed by atoms with E-state index in [1.165, 1.54) is 0 Å². The Morgan fingerprint density at radius 2 is 2.06 bits per heavy atom. The number of aliphatic hydroxyl groups excluding tert-OH is 1. The zero-order valence-electron chi connectivity index (χ0n) is 9.08. The van der Waals surface area contributed by atoms with Crippen LogP contribution in [0.3, 0.4) is 0 Å². The first-order chi connectivity index (χ1) is 7.58. The average molecular weight is 260 g/mol. The maximum atomic E-state index is 10.2. The second-order valence-corrected chi connectivity index (χ2v) is 5.18. The van der Waals surface area contributed by atoms with Crippen LogP contribution in [0.15, 0.2) is 18.2 Å². The van der Waals surface area contributed by atoms with Gasteiger partial charge in [0, 0.05) is 12.1 Å². The number of hydrogen-bond donors (Lipinski definition) is 2. The minimum Gasteiger partial charge on any atom is -0.387 e. The maximum Gasteiger partial charge on any atom is 0.0943 e. The molecule has 0 saturated carbocycles. The lowest BCUT2D eigenvalue weighted by Crippen LogP contribution is -2.32. The second-order valence-electron chi connectivity index (χ2n) is 4.37. The summed E-state index contributed by atoms with van der Waals surface area (Å²) in [6.07, 6.45) is 1.57. The molecule has 0 bridgehead atoms. The van der Waals surface area contributed by atoms with E-state index in [2.05, 4.69) is 12.2 Å². The van der Waals surface area contributed by atoms with E-state index in [0.717, 1.165) is 18.4 Å². The van der Waals surface area contributed by atoms with Crippen molar-refractivity contribution in [1.29, 1.82) is 0 Å². The summed E-state index contributed by atoms with van der Waals surface area (Å²) >= 11 is 11.8. The molecule has 1 heterocycles. The molecule has 1 aromatic rings. The molecule has 2 nitrogen and oxygen atoms in total. The molecule has 16 heavy (non-hydrogen) atoms. The van der Waals surface area contributed by atoms with Gasteiger partial charge in [0.05, 0.1) is 16.1 Å². The van der Waals surface area contributed by atoms with E-state index >= 15 is 0 Å². The molecule has 88 valence electrons. The van der Waals surface area contributed by atoms with Crippen molar-refractivity contribution in [2.75, 3.05) is 0 Å². The number of halogens is 2. The molecule has 0 aliphatic carbocycles. The summed E-state index contributed by atoms with van der Waals surface area (Å²) in [6, 6.07) is 5.87. The fourth-order valence-electron chi connectivity index (χ4n) is 2.14. The average Bonchev–Trinajstić information content (AvgIpc) is 2.68. The molecule has 2 rings (SSSR count). The van der Waals surface area contributed by atoms with Crippen LogP contribution in [0.5, 0.6) is 0 Å². The molecule has 1 aliphatic heterocycles. The van der Waals surface area contributed by atoms with Gasteiger partial charge >= 0.3 is 0 Å². The number of aliphatic hydroxyl groups is 1. The quantitative estimate of drug-likeness (QED) is 0.856. The predicted octanol–water partition coefficient (Wildman–Crippen LogP) is 3.17. The molecule has 3 atom stereocenters. The Balaban J connectivity index is 2.14.